The van der Waals surface area contributed by atoms with E-state index in [2.05, 4.69) is 4.90 Å². The molecule has 1 aromatic carbocycles. The zero-order valence-electron chi connectivity index (χ0n) is 20.9. The Bertz CT molecular complexity index is 868. The van der Waals surface area contributed by atoms with Crippen molar-refractivity contribution in [2.75, 3.05) is 39.0 Å². The predicted octanol–water partition coefficient (Wildman–Crippen LogP) is 3.90. The van der Waals surface area contributed by atoms with Crippen LogP contribution >= 0.6 is 0 Å². The van der Waals surface area contributed by atoms with Gasteiger partial charge < -0.3 is 14.4 Å². The summed E-state index contributed by atoms with van der Waals surface area (Å²) in [5, 5.41) is 0. The number of carbonyl (C=O) groups excluding carboxylic acids is 1. The smallest absolute Gasteiger partial charge is 0.410 e. The molecular formula is C24H40N2O6S. The van der Waals surface area contributed by atoms with Crippen molar-refractivity contribution >= 4 is 16.2 Å². The third-order valence-electron chi connectivity index (χ3n) is 5.48. The zero-order chi connectivity index (χ0) is 24.6. The number of piperazine rings is 1. The predicted molar refractivity (Wildman–Crippen MR) is 129 cm³/mol. The van der Waals surface area contributed by atoms with E-state index in [4.69, 9.17) is 13.7 Å². The molecule has 2 aliphatic heterocycles. The van der Waals surface area contributed by atoms with Crippen LogP contribution < -0.4 is 4.74 Å². The van der Waals surface area contributed by atoms with Gasteiger partial charge in [0.15, 0.2) is 0 Å². The highest BCUT2D eigenvalue weighted by Crippen LogP contribution is 2.27. The molecule has 2 heterocycles. The quantitative estimate of drug-likeness (QED) is 0.566. The summed E-state index contributed by atoms with van der Waals surface area (Å²) in [7, 11) is -3.47. The summed E-state index contributed by atoms with van der Waals surface area (Å²) in [6.45, 7) is 13.5. The Morgan fingerprint density at radius 2 is 1.85 bits per heavy atom. The van der Waals surface area contributed by atoms with Crippen molar-refractivity contribution in [1.82, 2.24) is 9.80 Å². The fraction of sp³-hybridized carbons (Fsp3) is 0.708. The highest BCUT2D eigenvalue weighted by Gasteiger charge is 2.35. The van der Waals surface area contributed by atoms with E-state index in [1.165, 1.54) is 0 Å². The van der Waals surface area contributed by atoms with Gasteiger partial charge in [-0.1, -0.05) is 26.0 Å². The van der Waals surface area contributed by atoms with Crippen molar-refractivity contribution in [2.24, 2.45) is 5.92 Å². The molecule has 0 aromatic heterocycles. The molecule has 33 heavy (non-hydrogen) atoms. The molecule has 2 aliphatic rings. The molecule has 3 rings (SSSR count). The first-order valence-electron chi connectivity index (χ1n) is 11.8. The van der Waals surface area contributed by atoms with Gasteiger partial charge in [-0.3, -0.25) is 9.08 Å². The minimum Gasteiger partial charge on any atom is -0.493 e. The van der Waals surface area contributed by atoms with E-state index in [1.54, 1.807) is 0 Å². The van der Waals surface area contributed by atoms with E-state index in [0.717, 1.165) is 37.8 Å². The summed E-state index contributed by atoms with van der Waals surface area (Å²) in [4.78, 5) is 16.6. The summed E-state index contributed by atoms with van der Waals surface area (Å²) in [6, 6.07) is 7.70. The lowest BCUT2D eigenvalue weighted by molar-refractivity contribution is -0.0122. The second-order valence-corrected chi connectivity index (χ2v) is 11.1. The van der Waals surface area contributed by atoms with Gasteiger partial charge in [-0.2, -0.15) is 8.42 Å². The molecule has 0 radical (unpaired) electrons. The summed E-state index contributed by atoms with van der Waals surface area (Å²) >= 11 is 0. The van der Waals surface area contributed by atoms with Gasteiger partial charge >= 0.3 is 6.09 Å². The Morgan fingerprint density at radius 1 is 1.12 bits per heavy atom. The van der Waals surface area contributed by atoms with Gasteiger partial charge in [-0.15, -0.1) is 0 Å². The summed E-state index contributed by atoms with van der Waals surface area (Å²) in [5.41, 5.74) is 0.280. The molecule has 9 heteroatoms. The Balaban J connectivity index is 0.00000187. The number of rotatable bonds is 6. The third-order valence-corrected chi connectivity index (χ3v) is 6.03. The van der Waals surface area contributed by atoms with Crippen molar-refractivity contribution in [3.63, 3.8) is 0 Å². The topological polar surface area (TPSA) is 85.4 Å². The maximum Gasteiger partial charge on any atom is 0.410 e. The van der Waals surface area contributed by atoms with Crippen molar-refractivity contribution < 1.29 is 26.9 Å². The van der Waals surface area contributed by atoms with Gasteiger partial charge in [0, 0.05) is 38.1 Å². The monoisotopic (exact) mass is 484 g/mol. The molecule has 2 fully saturated rings. The van der Waals surface area contributed by atoms with Crippen LogP contribution in [0.1, 0.15) is 53.0 Å². The summed E-state index contributed by atoms with van der Waals surface area (Å²) in [5.74, 6) is 1.13. The molecule has 1 aromatic rings. The summed E-state index contributed by atoms with van der Waals surface area (Å²) < 4.78 is 38.7. The molecule has 0 spiro atoms. The zero-order valence-corrected chi connectivity index (χ0v) is 21.7. The highest BCUT2D eigenvalue weighted by atomic mass is 32.2. The van der Waals surface area contributed by atoms with Gasteiger partial charge in [-0.05, 0) is 51.3 Å². The van der Waals surface area contributed by atoms with Crippen molar-refractivity contribution in [2.45, 2.75) is 65.7 Å². The molecule has 8 nitrogen and oxygen atoms in total. The molecule has 1 unspecified atom stereocenters. The van der Waals surface area contributed by atoms with Crippen LogP contribution in [0, 0.1) is 5.92 Å². The number of hydrogen-bond donors (Lipinski definition) is 0. The number of piperidine rings is 1. The minimum atomic E-state index is -3.47. The van der Waals surface area contributed by atoms with Crippen molar-refractivity contribution in [1.29, 1.82) is 0 Å². The van der Waals surface area contributed by atoms with Crippen LogP contribution in [0.5, 0.6) is 5.75 Å². The fourth-order valence-electron chi connectivity index (χ4n) is 4.00. The number of ether oxygens (including phenoxy) is 2. The van der Waals surface area contributed by atoms with Gasteiger partial charge in [0.2, 0.25) is 0 Å². The number of benzene rings is 1. The first kappa shape index (κ1) is 27.4. The Labute approximate surface area is 199 Å². The first-order valence-corrected chi connectivity index (χ1v) is 13.6. The van der Waals surface area contributed by atoms with Crippen LogP contribution in [0.2, 0.25) is 0 Å². The first-order chi connectivity index (χ1) is 15.5. The van der Waals surface area contributed by atoms with Gasteiger partial charge in [0.1, 0.15) is 11.4 Å². The van der Waals surface area contributed by atoms with Gasteiger partial charge in [0.05, 0.1) is 19.5 Å². The Hall–Kier alpha value is -1.84. The molecule has 0 saturated carbocycles. The lowest BCUT2D eigenvalue weighted by Crippen LogP contribution is -2.58. The van der Waals surface area contributed by atoms with E-state index < -0.39 is 15.7 Å². The second-order valence-electron chi connectivity index (χ2n) is 9.44. The van der Waals surface area contributed by atoms with Crippen LogP contribution in [-0.4, -0.2) is 75.0 Å². The molecule has 0 N–H and O–H groups in total. The molecule has 2 saturated heterocycles. The van der Waals surface area contributed by atoms with E-state index in [1.807, 2.05) is 63.8 Å². The Kier molecular flexibility index (Phi) is 10.00. The van der Waals surface area contributed by atoms with E-state index in [-0.39, 0.29) is 12.7 Å². The number of nitrogens with zero attached hydrogens (tertiary/aromatic N) is 2. The standard InChI is InChI=1S/C22H34N2O6S.C2H6/c1-22(2,3)30-21(25)24-11-10-23-13-18(8-9-19(23)14-24)15-28-20-7-5-6-17(12-20)16-29-31(4,26)27;1-2/h5-7,12,18-19H,8-11,13-16H2,1-4H3;1-2H3/t18?,19-;/m0./s1. The normalized spacial score (nSPS) is 21.5. The fourth-order valence-corrected chi connectivity index (χ4v) is 4.35. The molecule has 1 amide bonds. The average Bonchev–Trinajstić information content (AvgIpc) is 2.76. The maximum absolute atomic E-state index is 12.4. The number of fused-ring (bicyclic) bond motifs is 1. The lowest BCUT2D eigenvalue weighted by atomic mass is 9.91. The van der Waals surface area contributed by atoms with E-state index >= 15 is 0 Å². The molecule has 0 bridgehead atoms. The largest absolute Gasteiger partial charge is 0.493 e. The van der Waals surface area contributed by atoms with Gasteiger partial charge in [-0.25, -0.2) is 4.79 Å². The van der Waals surface area contributed by atoms with Crippen molar-refractivity contribution in [3.05, 3.63) is 29.8 Å². The van der Waals surface area contributed by atoms with Gasteiger partial charge in [0.25, 0.3) is 10.1 Å². The number of hydrogen-bond acceptors (Lipinski definition) is 7. The molecule has 0 aliphatic carbocycles. The number of carbonyl (C=O) groups is 1. The van der Waals surface area contributed by atoms with E-state index in [0.29, 0.717) is 37.4 Å². The maximum atomic E-state index is 12.4. The van der Waals surface area contributed by atoms with Crippen LogP contribution in [0.4, 0.5) is 4.79 Å². The Morgan fingerprint density at radius 3 is 2.52 bits per heavy atom. The molecular weight excluding hydrogens is 444 g/mol. The lowest BCUT2D eigenvalue weighted by Gasteiger charge is -2.46. The van der Waals surface area contributed by atoms with Crippen LogP contribution in [0.25, 0.3) is 0 Å². The second kappa shape index (κ2) is 12.0. The van der Waals surface area contributed by atoms with E-state index in [9.17, 15) is 13.2 Å². The average molecular weight is 485 g/mol. The number of amides is 1. The van der Waals surface area contributed by atoms with Crippen LogP contribution in [-0.2, 0) is 25.6 Å². The third kappa shape index (κ3) is 9.51. The van der Waals surface area contributed by atoms with Crippen LogP contribution in [0.3, 0.4) is 0 Å². The molecule has 188 valence electrons. The SMILES string of the molecule is CC.CC(C)(C)OC(=O)N1CCN2CC(COc3cccc(COS(C)(=O)=O)c3)CC[C@H]2C1. The highest BCUT2D eigenvalue weighted by molar-refractivity contribution is 7.85. The van der Waals surface area contributed by atoms with Crippen LogP contribution in [0.15, 0.2) is 24.3 Å². The van der Waals surface area contributed by atoms with Crippen molar-refractivity contribution in [3.8, 4) is 5.75 Å². The molecule has 2 atom stereocenters. The minimum absolute atomic E-state index is 0.00304. The summed E-state index contributed by atoms with van der Waals surface area (Å²) in [6.07, 6.45) is 2.88.